The van der Waals surface area contributed by atoms with Crippen LogP contribution in [0, 0.1) is 20.2 Å². The van der Waals surface area contributed by atoms with E-state index < -0.39 is 9.85 Å². The highest BCUT2D eigenvalue weighted by atomic mass is 16.6. The lowest BCUT2D eigenvalue weighted by molar-refractivity contribution is -0.389. The average molecular weight is 277 g/mol. The molecule has 9 nitrogen and oxygen atoms in total. The molecule has 0 bridgehead atoms. The van der Waals surface area contributed by atoms with Gasteiger partial charge in [0.2, 0.25) is 6.33 Å². The van der Waals surface area contributed by atoms with Crippen molar-refractivity contribution in [2.24, 2.45) is 0 Å². The van der Waals surface area contributed by atoms with Crippen LogP contribution in [0.2, 0.25) is 0 Å². The highest BCUT2D eigenvalue weighted by Crippen LogP contribution is 2.28. The van der Waals surface area contributed by atoms with Gasteiger partial charge in [-0.1, -0.05) is 12.1 Å². The number of nitro groups is 2. The number of aromatic nitrogens is 2. The Hall–Kier alpha value is -2.97. The van der Waals surface area contributed by atoms with Gasteiger partial charge in [-0.2, -0.15) is 0 Å². The number of nitro benzene ring substituents is 1. The maximum absolute atomic E-state index is 10.9. The van der Waals surface area contributed by atoms with Crippen molar-refractivity contribution in [3.05, 3.63) is 56.5 Å². The van der Waals surface area contributed by atoms with Crippen LogP contribution in [-0.4, -0.2) is 26.4 Å². The van der Waals surface area contributed by atoms with Gasteiger partial charge in [0.25, 0.3) is 5.69 Å². The number of nitrogens with zero attached hydrogens (tertiary/aromatic N) is 4. The van der Waals surface area contributed by atoms with Crippen molar-refractivity contribution >= 4 is 17.2 Å². The quantitative estimate of drug-likeness (QED) is 0.657. The SMILES string of the molecule is CNc1c(Cn2cnc([N+](=O)[O-])c2)cccc1[N+](=O)[O-]. The fourth-order valence-corrected chi connectivity index (χ4v) is 1.88. The minimum atomic E-state index is -0.594. The maximum Gasteiger partial charge on any atom is 0.381 e. The summed E-state index contributed by atoms with van der Waals surface area (Å²) in [5, 5.41) is 24.3. The number of para-hydroxylation sites is 1. The lowest BCUT2D eigenvalue weighted by Crippen LogP contribution is -2.04. The Bertz CT molecular complexity index is 667. The standard InChI is InChI=1S/C11H11N5O4/c1-12-11-8(3-2-4-9(11)15(17)18)5-14-6-10(13-7-14)16(19)20/h2-4,6-7,12H,5H2,1H3. The molecule has 1 aromatic heterocycles. The third-order valence-corrected chi connectivity index (χ3v) is 2.74. The molecule has 0 amide bonds. The molecule has 0 atom stereocenters. The second-order valence-electron chi connectivity index (χ2n) is 3.98. The second kappa shape index (κ2) is 5.34. The first-order valence-electron chi connectivity index (χ1n) is 5.63. The molecule has 1 aromatic carbocycles. The lowest BCUT2D eigenvalue weighted by Gasteiger charge is -2.09. The predicted molar refractivity (Wildman–Crippen MR) is 70.6 cm³/mol. The summed E-state index contributed by atoms with van der Waals surface area (Å²) in [6.07, 6.45) is 2.59. The molecule has 20 heavy (non-hydrogen) atoms. The van der Waals surface area contributed by atoms with Gasteiger partial charge in [0.1, 0.15) is 11.9 Å². The minimum absolute atomic E-state index is 0.0420. The summed E-state index contributed by atoms with van der Waals surface area (Å²) in [5.74, 6) is -0.263. The molecule has 104 valence electrons. The molecule has 1 heterocycles. The van der Waals surface area contributed by atoms with Gasteiger partial charge in [0.15, 0.2) is 0 Å². The Morgan fingerprint density at radius 2 is 2.05 bits per heavy atom. The van der Waals surface area contributed by atoms with Crippen LogP contribution in [0.3, 0.4) is 0 Å². The molecule has 0 aliphatic heterocycles. The van der Waals surface area contributed by atoms with Crippen LogP contribution in [-0.2, 0) is 6.54 Å². The first kappa shape index (κ1) is 13.5. The van der Waals surface area contributed by atoms with Crippen LogP contribution in [0.15, 0.2) is 30.7 Å². The average Bonchev–Trinajstić information content (AvgIpc) is 2.87. The van der Waals surface area contributed by atoms with Crippen LogP contribution in [0.4, 0.5) is 17.2 Å². The van der Waals surface area contributed by atoms with E-state index in [2.05, 4.69) is 10.3 Å². The number of rotatable bonds is 5. The monoisotopic (exact) mass is 277 g/mol. The molecule has 0 saturated heterocycles. The number of nitrogens with one attached hydrogen (secondary N) is 1. The van der Waals surface area contributed by atoms with Crippen molar-refractivity contribution < 1.29 is 9.85 Å². The van der Waals surface area contributed by atoms with Crippen LogP contribution >= 0.6 is 0 Å². The van der Waals surface area contributed by atoms with Crippen molar-refractivity contribution in [1.29, 1.82) is 0 Å². The number of imidazole rings is 1. The molecule has 1 N–H and O–H groups in total. The summed E-state index contributed by atoms with van der Waals surface area (Å²) < 4.78 is 1.50. The largest absolute Gasteiger partial charge is 0.382 e. The molecule has 0 aliphatic rings. The summed E-state index contributed by atoms with van der Waals surface area (Å²) in [6, 6.07) is 4.68. The normalized spacial score (nSPS) is 10.2. The minimum Gasteiger partial charge on any atom is -0.382 e. The Kier molecular flexibility index (Phi) is 3.60. The van der Waals surface area contributed by atoms with Crippen molar-refractivity contribution in [2.45, 2.75) is 6.54 Å². The lowest BCUT2D eigenvalue weighted by atomic mass is 10.1. The highest BCUT2D eigenvalue weighted by molar-refractivity contribution is 5.66. The van der Waals surface area contributed by atoms with Gasteiger partial charge < -0.3 is 20.0 Å². The van der Waals surface area contributed by atoms with Gasteiger partial charge in [-0.25, -0.2) is 0 Å². The smallest absolute Gasteiger partial charge is 0.381 e. The molecule has 0 aliphatic carbocycles. The summed E-state index contributed by atoms with van der Waals surface area (Å²) in [7, 11) is 1.59. The van der Waals surface area contributed by atoms with E-state index in [-0.39, 0.29) is 18.1 Å². The number of hydrogen-bond donors (Lipinski definition) is 1. The summed E-state index contributed by atoms with van der Waals surface area (Å²) in [4.78, 5) is 24.1. The predicted octanol–water partition coefficient (Wildman–Crippen LogP) is 1.79. The molecule has 0 saturated carbocycles. The van der Waals surface area contributed by atoms with E-state index in [1.165, 1.54) is 23.2 Å². The third kappa shape index (κ3) is 2.55. The molecular formula is C11H11N5O4. The third-order valence-electron chi connectivity index (χ3n) is 2.74. The van der Waals surface area contributed by atoms with Crippen molar-refractivity contribution in [3.63, 3.8) is 0 Å². The van der Waals surface area contributed by atoms with E-state index >= 15 is 0 Å². The molecule has 0 radical (unpaired) electrons. The van der Waals surface area contributed by atoms with E-state index in [0.717, 1.165) is 0 Å². The first-order chi connectivity index (χ1) is 9.52. The molecule has 0 fully saturated rings. The summed E-state index contributed by atoms with van der Waals surface area (Å²) in [5.41, 5.74) is 0.988. The van der Waals surface area contributed by atoms with Gasteiger partial charge in [0.05, 0.1) is 11.5 Å². The second-order valence-corrected chi connectivity index (χ2v) is 3.98. The van der Waals surface area contributed by atoms with Crippen LogP contribution < -0.4 is 5.32 Å². The molecule has 0 spiro atoms. The number of benzene rings is 1. The van der Waals surface area contributed by atoms with Crippen LogP contribution in [0.5, 0.6) is 0 Å². The topological polar surface area (TPSA) is 116 Å². The molecule has 2 aromatic rings. The zero-order chi connectivity index (χ0) is 14.7. The van der Waals surface area contributed by atoms with Gasteiger partial charge in [-0.15, -0.1) is 0 Å². The van der Waals surface area contributed by atoms with E-state index in [4.69, 9.17) is 0 Å². The first-order valence-corrected chi connectivity index (χ1v) is 5.63. The Labute approximate surface area is 113 Å². The Morgan fingerprint density at radius 3 is 2.60 bits per heavy atom. The van der Waals surface area contributed by atoms with E-state index in [1.54, 1.807) is 19.2 Å². The molecular weight excluding hydrogens is 266 g/mol. The number of hydrogen-bond acceptors (Lipinski definition) is 6. The summed E-state index contributed by atoms with van der Waals surface area (Å²) in [6.45, 7) is 0.249. The van der Waals surface area contributed by atoms with E-state index in [9.17, 15) is 20.2 Å². The maximum atomic E-state index is 10.9. The molecule has 2 rings (SSSR count). The fourth-order valence-electron chi connectivity index (χ4n) is 1.88. The summed E-state index contributed by atoms with van der Waals surface area (Å²) >= 11 is 0. The Morgan fingerprint density at radius 1 is 1.30 bits per heavy atom. The number of anilines is 1. The molecule has 0 unspecified atom stereocenters. The zero-order valence-electron chi connectivity index (χ0n) is 10.5. The fraction of sp³-hybridized carbons (Fsp3) is 0.182. The van der Waals surface area contributed by atoms with Gasteiger partial charge in [0, 0.05) is 18.7 Å². The van der Waals surface area contributed by atoms with Gasteiger partial charge >= 0.3 is 5.82 Å². The zero-order valence-corrected chi connectivity index (χ0v) is 10.5. The van der Waals surface area contributed by atoms with Crippen LogP contribution in [0.25, 0.3) is 0 Å². The Balaban J connectivity index is 2.35. The van der Waals surface area contributed by atoms with Crippen LogP contribution in [0.1, 0.15) is 5.56 Å². The van der Waals surface area contributed by atoms with Gasteiger partial charge in [-0.3, -0.25) is 10.1 Å². The van der Waals surface area contributed by atoms with E-state index in [1.807, 2.05) is 0 Å². The van der Waals surface area contributed by atoms with Crippen molar-refractivity contribution in [1.82, 2.24) is 9.55 Å². The molecule has 9 heteroatoms. The van der Waals surface area contributed by atoms with Gasteiger partial charge in [-0.05, 0) is 9.91 Å². The highest BCUT2D eigenvalue weighted by Gasteiger charge is 2.17. The van der Waals surface area contributed by atoms with E-state index in [0.29, 0.717) is 11.3 Å². The van der Waals surface area contributed by atoms with Crippen molar-refractivity contribution in [3.8, 4) is 0 Å². The van der Waals surface area contributed by atoms with Crippen molar-refractivity contribution in [2.75, 3.05) is 12.4 Å².